The Morgan fingerprint density at radius 2 is 0.430 bits per heavy atom. The summed E-state index contributed by atoms with van der Waals surface area (Å²) in [5.41, 5.74) is 0. The Kier molecular flexibility index (Phi) is 67.0. The molecule has 1 atom stereocenters. The lowest BCUT2D eigenvalue weighted by Gasteiger charge is -2.18. The third-order valence-electron chi connectivity index (χ3n) is 16.8. The van der Waals surface area contributed by atoms with Crippen LogP contribution in [0, 0.1) is 0 Å². The second kappa shape index (κ2) is 68.6. The van der Waals surface area contributed by atoms with Crippen LogP contribution >= 0.6 is 0 Å². The van der Waals surface area contributed by atoms with Gasteiger partial charge in [0.1, 0.15) is 13.2 Å². The van der Waals surface area contributed by atoms with Crippen molar-refractivity contribution >= 4 is 17.9 Å². The van der Waals surface area contributed by atoms with E-state index in [-0.39, 0.29) is 31.1 Å². The molecule has 0 aliphatic heterocycles. The molecule has 0 amide bonds. The van der Waals surface area contributed by atoms with Crippen molar-refractivity contribution in [2.45, 2.75) is 425 Å². The normalized spacial score (nSPS) is 12.0. The molecule has 0 spiro atoms. The third-order valence-corrected chi connectivity index (χ3v) is 16.8. The highest BCUT2D eigenvalue weighted by Gasteiger charge is 2.19. The molecule has 79 heavy (non-hydrogen) atoms. The van der Waals surface area contributed by atoms with Crippen LogP contribution in [-0.2, 0) is 28.6 Å². The van der Waals surface area contributed by atoms with Crippen molar-refractivity contribution < 1.29 is 28.6 Å². The van der Waals surface area contributed by atoms with Gasteiger partial charge in [-0.05, 0) is 38.5 Å². The van der Waals surface area contributed by atoms with Crippen molar-refractivity contribution in [2.75, 3.05) is 13.2 Å². The lowest BCUT2D eigenvalue weighted by Crippen LogP contribution is -2.30. The Balaban J connectivity index is 4.10. The number of esters is 3. The molecule has 0 aromatic rings. The topological polar surface area (TPSA) is 78.9 Å². The monoisotopic (exact) mass is 1110 g/mol. The molecule has 6 heteroatoms. The van der Waals surface area contributed by atoms with Crippen LogP contribution in [0.4, 0.5) is 0 Å². The van der Waals surface area contributed by atoms with Gasteiger partial charge in [0.15, 0.2) is 6.10 Å². The highest BCUT2D eigenvalue weighted by atomic mass is 16.6. The maximum absolute atomic E-state index is 12.9. The quantitative estimate of drug-likeness (QED) is 0.0261. The standard InChI is InChI=1S/C73H140O6/c1-4-7-10-13-16-19-22-24-26-28-30-32-33-34-35-36-37-38-39-41-42-44-46-48-51-54-57-60-63-66-72(75)78-69-70(68-77-71(74)65-62-59-56-53-50-21-18-15-12-9-6-3)79-73(76)67-64-61-58-55-52-49-47-45-43-40-31-29-27-25-23-20-17-14-11-8-5-2/h15,18,70H,4-14,16-17,19-69H2,1-3H3/b18-15-. The molecule has 0 saturated carbocycles. The highest BCUT2D eigenvalue weighted by molar-refractivity contribution is 5.71. The Morgan fingerprint density at radius 1 is 0.241 bits per heavy atom. The molecule has 0 aromatic carbocycles. The van der Waals surface area contributed by atoms with Crippen LogP contribution < -0.4 is 0 Å². The molecule has 0 radical (unpaired) electrons. The summed E-state index contributed by atoms with van der Waals surface area (Å²) in [5, 5.41) is 0. The van der Waals surface area contributed by atoms with Crippen LogP contribution in [0.5, 0.6) is 0 Å². The van der Waals surface area contributed by atoms with Gasteiger partial charge in [0, 0.05) is 19.3 Å². The van der Waals surface area contributed by atoms with E-state index in [1.54, 1.807) is 0 Å². The third kappa shape index (κ3) is 66.8. The number of carbonyl (C=O) groups excluding carboxylic acids is 3. The van der Waals surface area contributed by atoms with Gasteiger partial charge in [-0.3, -0.25) is 14.4 Å². The summed E-state index contributed by atoms with van der Waals surface area (Å²) in [6.45, 7) is 6.69. The summed E-state index contributed by atoms with van der Waals surface area (Å²) < 4.78 is 17.0. The molecule has 0 aliphatic rings. The summed E-state index contributed by atoms with van der Waals surface area (Å²) in [4.78, 5) is 38.4. The van der Waals surface area contributed by atoms with Crippen LogP contribution in [0.2, 0.25) is 0 Å². The second-order valence-electron chi connectivity index (χ2n) is 24.9. The maximum atomic E-state index is 12.9. The van der Waals surface area contributed by atoms with E-state index < -0.39 is 6.10 Å². The van der Waals surface area contributed by atoms with E-state index in [2.05, 4.69) is 32.9 Å². The molecule has 0 fully saturated rings. The number of carbonyl (C=O) groups is 3. The predicted molar refractivity (Wildman–Crippen MR) is 344 cm³/mol. The first-order valence-corrected chi connectivity index (χ1v) is 36.2. The van der Waals surface area contributed by atoms with Gasteiger partial charge in [0.2, 0.25) is 0 Å². The molecule has 0 heterocycles. The smallest absolute Gasteiger partial charge is 0.306 e. The number of ether oxygens (including phenoxy) is 3. The SMILES string of the molecule is CCCC/C=C\CCCCCCCC(=O)OCC(COC(=O)CCCCCCCCCCCCCCCCCCCCCCCCCCCCCCC)OC(=O)CCCCCCCCCCCCCCCCCCCCCCC. The van der Waals surface area contributed by atoms with Gasteiger partial charge in [0.05, 0.1) is 0 Å². The van der Waals surface area contributed by atoms with E-state index in [4.69, 9.17) is 14.2 Å². The summed E-state index contributed by atoms with van der Waals surface area (Å²) in [7, 11) is 0. The Morgan fingerprint density at radius 3 is 0.671 bits per heavy atom. The van der Waals surface area contributed by atoms with E-state index in [1.165, 1.54) is 315 Å². The fraction of sp³-hybridized carbons (Fsp3) is 0.932. The minimum Gasteiger partial charge on any atom is -0.462 e. The van der Waals surface area contributed by atoms with Gasteiger partial charge in [-0.2, -0.15) is 0 Å². The minimum atomic E-state index is -0.769. The van der Waals surface area contributed by atoms with Gasteiger partial charge in [-0.1, -0.05) is 373 Å². The predicted octanol–water partition coefficient (Wildman–Crippen LogP) is 24.8. The summed E-state index contributed by atoms with van der Waals surface area (Å²) >= 11 is 0. The Hall–Kier alpha value is -1.85. The van der Waals surface area contributed by atoms with E-state index in [0.29, 0.717) is 19.3 Å². The van der Waals surface area contributed by atoms with Gasteiger partial charge in [-0.15, -0.1) is 0 Å². The summed E-state index contributed by atoms with van der Waals surface area (Å²) in [5.74, 6) is -0.842. The second-order valence-corrected chi connectivity index (χ2v) is 24.9. The van der Waals surface area contributed by atoms with Crippen LogP contribution in [0.1, 0.15) is 419 Å². The molecule has 468 valence electrons. The summed E-state index contributed by atoms with van der Waals surface area (Å²) in [6, 6.07) is 0. The molecule has 1 unspecified atom stereocenters. The molecular formula is C73H140O6. The number of unbranched alkanes of at least 4 members (excludes halogenated alkanes) is 55. The number of rotatable bonds is 68. The molecule has 0 bridgehead atoms. The fourth-order valence-electron chi connectivity index (χ4n) is 11.3. The average molecular weight is 1110 g/mol. The number of allylic oxidation sites excluding steroid dienone is 2. The average Bonchev–Trinajstić information content (AvgIpc) is 3.45. The Bertz CT molecular complexity index is 1230. The van der Waals surface area contributed by atoms with Crippen molar-refractivity contribution in [1.29, 1.82) is 0 Å². The zero-order valence-electron chi connectivity index (χ0n) is 53.9. The lowest BCUT2D eigenvalue weighted by molar-refractivity contribution is -0.167. The van der Waals surface area contributed by atoms with E-state index in [0.717, 1.165) is 64.2 Å². The largest absolute Gasteiger partial charge is 0.462 e. The zero-order chi connectivity index (χ0) is 57.1. The minimum absolute atomic E-state index is 0.0659. The first-order valence-electron chi connectivity index (χ1n) is 36.2. The van der Waals surface area contributed by atoms with Crippen LogP contribution in [0.3, 0.4) is 0 Å². The molecule has 0 saturated heterocycles. The van der Waals surface area contributed by atoms with Crippen molar-refractivity contribution in [3.05, 3.63) is 12.2 Å². The fourth-order valence-corrected chi connectivity index (χ4v) is 11.3. The van der Waals surface area contributed by atoms with Crippen molar-refractivity contribution in [3.63, 3.8) is 0 Å². The van der Waals surface area contributed by atoms with Gasteiger partial charge in [0.25, 0.3) is 0 Å². The van der Waals surface area contributed by atoms with Crippen molar-refractivity contribution in [3.8, 4) is 0 Å². The maximum Gasteiger partial charge on any atom is 0.306 e. The van der Waals surface area contributed by atoms with Crippen molar-refractivity contribution in [1.82, 2.24) is 0 Å². The van der Waals surface area contributed by atoms with Crippen LogP contribution in [0.15, 0.2) is 12.2 Å². The molecule has 0 N–H and O–H groups in total. The highest BCUT2D eigenvalue weighted by Crippen LogP contribution is 2.19. The molecule has 6 nitrogen and oxygen atoms in total. The van der Waals surface area contributed by atoms with Gasteiger partial charge >= 0.3 is 17.9 Å². The van der Waals surface area contributed by atoms with Gasteiger partial charge in [-0.25, -0.2) is 0 Å². The van der Waals surface area contributed by atoms with Gasteiger partial charge < -0.3 is 14.2 Å². The van der Waals surface area contributed by atoms with E-state index in [1.807, 2.05) is 0 Å². The molecule has 0 aliphatic carbocycles. The van der Waals surface area contributed by atoms with Crippen molar-refractivity contribution in [2.24, 2.45) is 0 Å². The summed E-state index contributed by atoms with van der Waals surface area (Å²) in [6.07, 6.45) is 82.7. The number of hydrogen-bond acceptors (Lipinski definition) is 6. The number of hydrogen-bond donors (Lipinski definition) is 0. The lowest BCUT2D eigenvalue weighted by atomic mass is 10.0. The molecular weight excluding hydrogens is 973 g/mol. The zero-order valence-corrected chi connectivity index (χ0v) is 53.9. The Labute approximate surface area is 494 Å². The first kappa shape index (κ1) is 77.2. The molecule has 0 rings (SSSR count). The first-order chi connectivity index (χ1) is 39.0. The van der Waals surface area contributed by atoms with Crippen LogP contribution in [-0.4, -0.2) is 37.2 Å². The molecule has 0 aromatic heterocycles. The van der Waals surface area contributed by atoms with E-state index >= 15 is 0 Å². The van der Waals surface area contributed by atoms with E-state index in [9.17, 15) is 14.4 Å². The van der Waals surface area contributed by atoms with Crippen LogP contribution in [0.25, 0.3) is 0 Å².